The van der Waals surface area contributed by atoms with Crippen molar-refractivity contribution in [3.8, 4) is 11.5 Å². The Balaban J connectivity index is 2.07. The van der Waals surface area contributed by atoms with Crippen molar-refractivity contribution < 1.29 is 14.6 Å². The summed E-state index contributed by atoms with van der Waals surface area (Å²) in [6, 6.07) is 11.7. The molecule has 24 heavy (non-hydrogen) atoms. The largest absolute Gasteiger partial charge is 0.503 e. The zero-order valence-corrected chi connectivity index (χ0v) is 14.9. The van der Waals surface area contributed by atoms with Crippen molar-refractivity contribution in [3.05, 3.63) is 52.5 Å². The molecule has 0 fully saturated rings. The minimum Gasteiger partial charge on any atom is -0.503 e. The Morgan fingerprint density at radius 3 is 2.62 bits per heavy atom. The standard InChI is InChI=1S/C19H22ClNO3/c1-4-19(5-2)13-8-6-7-9-15(13)21-18(24-19)12-10-14(20)17(22)16(11-12)23-3/h6-11,18,21-22H,4-5H2,1-3H3. The Morgan fingerprint density at radius 2 is 1.96 bits per heavy atom. The number of aromatic hydroxyl groups is 1. The summed E-state index contributed by atoms with van der Waals surface area (Å²) < 4.78 is 11.7. The van der Waals surface area contributed by atoms with E-state index in [1.807, 2.05) is 12.1 Å². The average Bonchev–Trinajstić information content (AvgIpc) is 2.62. The third-order valence-corrected chi connectivity index (χ3v) is 5.05. The van der Waals surface area contributed by atoms with Gasteiger partial charge in [-0.3, -0.25) is 0 Å². The number of ether oxygens (including phenoxy) is 2. The Labute approximate surface area is 147 Å². The summed E-state index contributed by atoms with van der Waals surface area (Å²) in [6.07, 6.45) is 1.36. The molecule has 2 aromatic carbocycles. The van der Waals surface area contributed by atoms with E-state index >= 15 is 0 Å². The number of hydrogen-bond donors (Lipinski definition) is 2. The van der Waals surface area contributed by atoms with Gasteiger partial charge in [0.2, 0.25) is 0 Å². The first kappa shape index (κ1) is 16.9. The molecule has 0 bridgehead atoms. The lowest BCUT2D eigenvalue weighted by atomic mass is 9.85. The lowest BCUT2D eigenvalue weighted by Crippen LogP contribution is -2.37. The van der Waals surface area contributed by atoms with Crippen LogP contribution in [-0.2, 0) is 10.3 Å². The molecule has 0 aliphatic carbocycles. The summed E-state index contributed by atoms with van der Waals surface area (Å²) in [5.41, 5.74) is 2.68. The minimum atomic E-state index is -0.369. The van der Waals surface area contributed by atoms with E-state index in [4.69, 9.17) is 21.1 Å². The molecule has 2 N–H and O–H groups in total. The van der Waals surface area contributed by atoms with E-state index in [2.05, 4.69) is 31.3 Å². The van der Waals surface area contributed by atoms with Crippen LogP contribution in [0.15, 0.2) is 36.4 Å². The highest BCUT2D eigenvalue weighted by Gasteiger charge is 2.39. The third-order valence-electron chi connectivity index (χ3n) is 4.76. The zero-order chi connectivity index (χ0) is 17.3. The van der Waals surface area contributed by atoms with Crippen molar-refractivity contribution in [1.29, 1.82) is 0 Å². The number of anilines is 1. The molecule has 2 aromatic rings. The SMILES string of the molecule is CCC1(CC)OC(c2cc(Cl)c(O)c(OC)c2)Nc2ccccc21. The van der Waals surface area contributed by atoms with E-state index in [0.717, 1.165) is 24.1 Å². The van der Waals surface area contributed by atoms with Gasteiger partial charge in [0.05, 0.1) is 17.7 Å². The second-order valence-electron chi connectivity index (χ2n) is 5.94. The van der Waals surface area contributed by atoms with Crippen LogP contribution in [0.5, 0.6) is 11.5 Å². The van der Waals surface area contributed by atoms with Crippen LogP contribution < -0.4 is 10.1 Å². The number of hydrogen-bond acceptors (Lipinski definition) is 4. The number of methoxy groups -OCH3 is 1. The number of halogens is 1. The van der Waals surface area contributed by atoms with Crippen molar-refractivity contribution in [2.24, 2.45) is 0 Å². The van der Waals surface area contributed by atoms with E-state index in [-0.39, 0.29) is 22.6 Å². The third kappa shape index (κ3) is 2.70. The number of para-hydroxylation sites is 1. The molecule has 3 rings (SSSR count). The summed E-state index contributed by atoms with van der Waals surface area (Å²) >= 11 is 6.14. The van der Waals surface area contributed by atoms with Gasteiger partial charge in [0.1, 0.15) is 0 Å². The van der Waals surface area contributed by atoms with Crippen LogP contribution in [0.4, 0.5) is 5.69 Å². The van der Waals surface area contributed by atoms with E-state index in [9.17, 15) is 5.11 Å². The molecule has 1 aliphatic heterocycles. The molecule has 5 heteroatoms. The molecular weight excluding hydrogens is 326 g/mol. The lowest BCUT2D eigenvalue weighted by Gasteiger charge is -2.43. The fourth-order valence-corrected chi connectivity index (χ4v) is 3.53. The predicted octanol–water partition coefficient (Wildman–Crippen LogP) is 5.21. The monoisotopic (exact) mass is 347 g/mol. The first-order chi connectivity index (χ1) is 11.5. The highest BCUT2D eigenvalue weighted by atomic mass is 35.5. The predicted molar refractivity (Wildman–Crippen MR) is 95.8 cm³/mol. The fourth-order valence-electron chi connectivity index (χ4n) is 3.32. The number of phenols is 1. The van der Waals surface area contributed by atoms with Crippen LogP contribution in [0.3, 0.4) is 0 Å². The molecule has 0 saturated carbocycles. The van der Waals surface area contributed by atoms with Crippen molar-refractivity contribution in [2.75, 3.05) is 12.4 Å². The van der Waals surface area contributed by atoms with Gasteiger partial charge in [-0.15, -0.1) is 0 Å². The summed E-state index contributed by atoms with van der Waals surface area (Å²) in [4.78, 5) is 0. The molecule has 0 radical (unpaired) electrons. The van der Waals surface area contributed by atoms with Crippen LogP contribution in [0.1, 0.15) is 44.0 Å². The quantitative estimate of drug-likeness (QED) is 0.797. The number of phenolic OH excluding ortho intramolecular Hbond substituents is 1. The Bertz CT molecular complexity index is 743. The Morgan fingerprint density at radius 1 is 1.25 bits per heavy atom. The van der Waals surface area contributed by atoms with Crippen LogP contribution in [0.25, 0.3) is 0 Å². The van der Waals surface area contributed by atoms with Gasteiger partial charge in [0.15, 0.2) is 17.7 Å². The molecule has 128 valence electrons. The highest BCUT2D eigenvalue weighted by molar-refractivity contribution is 6.32. The smallest absolute Gasteiger partial charge is 0.176 e. The summed E-state index contributed by atoms with van der Waals surface area (Å²) in [5.74, 6) is 0.275. The van der Waals surface area contributed by atoms with E-state index in [0.29, 0.717) is 5.75 Å². The van der Waals surface area contributed by atoms with Crippen molar-refractivity contribution in [3.63, 3.8) is 0 Å². The van der Waals surface area contributed by atoms with Crippen LogP contribution in [-0.4, -0.2) is 12.2 Å². The number of rotatable bonds is 4. The van der Waals surface area contributed by atoms with Gasteiger partial charge < -0.3 is 19.9 Å². The number of fused-ring (bicyclic) bond motifs is 1. The van der Waals surface area contributed by atoms with E-state index < -0.39 is 0 Å². The Hall–Kier alpha value is -1.91. The molecule has 0 aromatic heterocycles. The maximum Gasteiger partial charge on any atom is 0.176 e. The molecule has 1 atom stereocenters. The first-order valence-electron chi connectivity index (χ1n) is 8.15. The molecule has 4 nitrogen and oxygen atoms in total. The van der Waals surface area contributed by atoms with Crippen molar-refractivity contribution in [1.82, 2.24) is 0 Å². The summed E-state index contributed by atoms with van der Waals surface area (Å²) in [5, 5.41) is 13.6. The maximum absolute atomic E-state index is 9.95. The van der Waals surface area contributed by atoms with Crippen molar-refractivity contribution in [2.45, 2.75) is 38.5 Å². The normalized spacial score (nSPS) is 18.6. The maximum atomic E-state index is 9.95. The lowest BCUT2D eigenvalue weighted by molar-refractivity contribution is -0.103. The number of benzene rings is 2. The van der Waals surface area contributed by atoms with Gasteiger partial charge in [0.25, 0.3) is 0 Å². The Kier molecular flexibility index (Phi) is 4.61. The molecular formula is C19H22ClNO3. The molecule has 1 unspecified atom stereocenters. The highest BCUT2D eigenvalue weighted by Crippen LogP contribution is 2.47. The summed E-state index contributed by atoms with van der Waals surface area (Å²) in [7, 11) is 1.50. The van der Waals surface area contributed by atoms with Gasteiger partial charge in [-0.25, -0.2) is 0 Å². The van der Waals surface area contributed by atoms with Gasteiger partial charge in [-0.2, -0.15) is 0 Å². The van der Waals surface area contributed by atoms with Crippen LogP contribution >= 0.6 is 11.6 Å². The van der Waals surface area contributed by atoms with E-state index in [1.165, 1.54) is 12.7 Å². The molecule has 0 amide bonds. The van der Waals surface area contributed by atoms with Gasteiger partial charge in [-0.05, 0) is 31.0 Å². The van der Waals surface area contributed by atoms with Gasteiger partial charge >= 0.3 is 0 Å². The summed E-state index contributed by atoms with van der Waals surface area (Å²) in [6.45, 7) is 4.26. The molecule has 0 saturated heterocycles. The van der Waals surface area contributed by atoms with Crippen LogP contribution in [0, 0.1) is 0 Å². The van der Waals surface area contributed by atoms with E-state index in [1.54, 1.807) is 12.1 Å². The molecule has 1 heterocycles. The second-order valence-corrected chi connectivity index (χ2v) is 6.35. The molecule has 1 aliphatic rings. The number of nitrogens with one attached hydrogen (secondary N) is 1. The fraction of sp³-hybridized carbons (Fsp3) is 0.368. The van der Waals surface area contributed by atoms with Gasteiger partial charge in [-0.1, -0.05) is 43.6 Å². The first-order valence-corrected chi connectivity index (χ1v) is 8.52. The zero-order valence-electron chi connectivity index (χ0n) is 14.1. The van der Waals surface area contributed by atoms with Crippen LogP contribution in [0.2, 0.25) is 5.02 Å². The second kappa shape index (κ2) is 6.54. The topological polar surface area (TPSA) is 50.7 Å². The van der Waals surface area contributed by atoms with Crippen molar-refractivity contribution >= 4 is 17.3 Å². The minimum absolute atomic E-state index is 0.0589. The average molecular weight is 348 g/mol. The molecule has 0 spiro atoms. The van der Waals surface area contributed by atoms with Gasteiger partial charge in [0, 0.05) is 16.8 Å².